The van der Waals surface area contributed by atoms with Crippen molar-refractivity contribution >= 4 is 29.1 Å². The number of carbonyl (C=O) groups is 1. The largest absolute Gasteiger partial charge is 0.444 e. The number of aliphatic hydroxyl groups is 2. The number of carbonyl (C=O) groups excluding carboxylic acids is 1. The van der Waals surface area contributed by atoms with E-state index in [0.29, 0.717) is 11.3 Å². The van der Waals surface area contributed by atoms with Gasteiger partial charge in [0.1, 0.15) is 11.7 Å². The van der Waals surface area contributed by atoms with E-state index in [9.17, 15) is 15.0 Å². The van der Waals surface area contributed by atoms with E-state index in [4.69, 9.17) is 22.7 Å². The van der Waals surface area contributed by atoms with Crippen LogP contribution in [0.3, 0.4) is 0 Å². The van der Waals surface area contributed by atoms with Gasteiger partial charge in [-0.1, -0.05) is 18.2 Å². The topological polar surface area (TPSA) is 117 Å². The van der Waals surface area contributed by atoms with Crippen molar-refractivity contribution in [2.45, 2.75) is 45.0 Å². The smallest absolute Gasteiger partial charge is 0.407 e. The van der Waals surface area contributed by atoms with E-state index in [-0.39, 0.29) is 18.1 Å². The van der Waals surface area contributed by atoms with Crippen LogP contribution in [0, 0.1) is 0 Å². The maximum atomic E-state index is 11.5. The van der Waals surface area contributed by atoms with Gasteiger partial charge < -0.3 is 31.3 Å². The predicted molar refractivity (Wildman–Crippen MR) is 96.7 cm³/mol. The number of thiocarbonyl (C=S) groups is 1. The van der Waals surface area contributed by atoms with E-state index in [1.54, 1.807) is 45.0 Å². The van der Waals surface area contributed by atoms with Crippen LogP contribution in [0.15, 0.2) is 24.3 Å². The van der Waals surface area contributed by atoms with Crippen LogP contribution in [-0.4, -0.2) is 39.7 Å². The molecule has 1 aromatic rings. The Morgan fingerprint density at radius 3 is 2.54 bits per heavy atom. The van der Waals surface area contributed by atoms with Gasteiger partial charge in [0.2, 0.25) is 0 Å². The van der Waals surface area contributed by atoms with Crippen LogP contribution in [0.4, 0.5) is 10.5 Å². The average molecular weight is 355 g/mol. The highest BCUT2D eigenvalue weighted by Gasteiger charge is 2.22. The van der Waals surface area contributed by atoms with Crippen LogP contribution in [0.5, 0.6) is 0 Å². The Balaban J connectivity index is 2.58. The Morgan fingerprint density at radius 1 is 1.33 bits per heavy atom. The first-order chi connectivity index (χ1) is 11.1. The van der Waals surface area contributed by atoms with Gasteiger partial charge in [-0.05, 0) is 45.5 Å². The van der Waals surface area contributed by atoms with Crippen molar-refractivity contribution in [2.24, 2.45) is 5.73 Å². The van der Waals surface area contributed by atoms with Crippen LogP contribution in [-0.2, 0) is 4.74 Å². The molecule has 2 atom stereocenters. The van der Waals surface area contributed by atoms with Gasteiger partial charge in [-0.25, -0.2) is 4.79 Å². The summed E-state index contributed by atoms with van der Waals surface area (Å²) in [5.74, 6) is 0. The molecule has 8 heteroatoms. The van der Waals surface area contributed by atoms with Crippen LogP contribution in [0.1, 0.15) is 38.9 Å². The van der Waals surface area contributed by atoms with Crippen LogP contribution < -0.4 is 16.4 Å². The number of amides is 1. The molecule has 0 heterocycles. The molecule has 0 bridgehead atoms. The van der Waals surface area contributed by atoms with Gasteiger partial charge in [0.25, 0.3) is 0 Å². The first kappa shape index (κ1) is 20.1. The summed E-state index contributed by atoms with van der Waals surface area (Å²) in [6.45, 7) is 5.45. The number of rotatable bonds is 6. The van der Waals surface area contributed by atoms with E-state index < -0.39 is 23.9 Å². The maximum Gasteiger partial charge on any atom is 0.407 e. The zero-order chi connectivity index (χ0) is 18.3. The molecule has 0 radical (unpaired) electrons. The number of alkyl carbamates (subject to hydrolysis) is 1. The molecule has 1 aromatic carbocycles. The molecule has 0 saturated heterocycles. The molecule has 0 aromatic heterocycles. The van der Waals surface area contributed by atoms with Gasteiger partial charge in [0.05, 0.1) is 6.10 Å². The minimum Gasteiger partial charge on any atom is -0.444 e. The van der Waals surface area contributed by atoms with E-state index in [1.165, 1.54) is 0 Å². The fourth-order valence-electron chi connectivity index (χ4n) is 2.00. The maximum absolute atomic E-state index is 11.5. The van der Waals surface area contributed by atoms with Gasteiger partial charge >= 0.3 is 6.09 Å². The Hall–Kier alpha value is -1.90. The number of nitrogens with one attached hydrogen (secondary N) is 2. The van der Waals surface area contributed by atoms with Crippen molar-refractivity contribution in [3.05, 3.63) is 29.8 Å². The van der Waals surface area contributed by atoms with E-state index in [2.05, 4.69) is 10.6 Å². The highest BCUT2D eigenvalue weighted by Crippen LogP contribution is 2.26. The second-order valence-electron chi connectivity index (χ2n) is 6.31. The number of nitrogens with two attached hydrogens (primary N) is 1. The Bertz CT molecular complexity index is 575. The van der Waals surface area contributed by atoms with Gasteiger partial charge in [-0.15, -0.1) is 0 Å². The number of para-hydroxylation sites is 1. The van der Waals surface area contributed by atoms with Gasteiger partial charge in [-0.2, -0.15) is 0 Å². The Labute approximate surface area is 147 Å². The van der Waals surface area contributed by atoms with Crippen molar-refractivity contribution < 1.29 is 19.7 Å². The first-order valence-corrected chi connectivity index (χ1v) is 7.99. The molecule has 0 aliphatic heterocycles. The van der Waals surface area contributed by atoms with Gasteiger partial charge in [0, 0.05) is 17.8 Å². The Kier molecular flexibility index (Phi) is 7.40. The van der Waals surface area contributed by atoms with Crippen LogP contribution >= 0.6 is 12.2 Å². The number of benzene rings is 1. The van der Waals surface area contributed by atoms with Crippen molar-refractivity contribution in [3.63, 3.8) is 0 Å². The fourth-order valence-corrected chi connectivity index (χ4v) is 2.11. The Morgan fingerprint density at radius 2 is 1.96 bits per heavy atom. The lowest BCUT2D eigenvalue weighted by atomic mass is 10.0. The predicted octanol–water partition coefficient (Wildman–Crippen LogP) is 1.65. The molecular weight excluding hydrogens is 330 g/mol. The number of ether oxygens (including phenoxy) is 1. The first-order valence-electron chi connectivity index (χ1n) is 7.58. The van der Waals surface area contributed by atoms with Crippen molar-refractivity contribution in [1.82, 2.24) is 5.32 Å². The van der Waals surface area contributed by atoms with E-state index >= 15 is 0 Å². The molecule has 0 aliphatic carbocycles. The lowest BCUT2D eigenvalue weighted by Gasteiger charge is -2.22. The summed E-state index contributed by atoms with van der Waals surface area (Å²) in [6, 6.07) is 6.85. The second kappa shape index (κ2) is 8.81. The molecule has 1 rings (SSSR count). The minimum absolute atomic E-state index is 0.0655. The average Bonchev–Trinajstić information content (AvgIpc) is 2.44. The third-order valence-corrected chi connectivity index (χ3v) is 3.11. The molecule has 6 N–H and O–H groups in total. The summed E-state index contributed by atoms with van der Waals surface area (Å²) >= 11 is 4.79. The molecule has 1 amide bonds. The van der Waals surface area contributed by atoms with E-state index in [0.717, 1.165) is 0 Å². The summed E-state index contributed by atoms with van der Waals surface area (Å²) in [6.07, 6.45) is -2.64. The second-order valence-corrected chi connectivity index (χ2v) is 6.75. The highest BCUT2D eigenvalue weighted by atomic mass is 32.1. The lowest BCUT2D eigenvalue weighted by Crippen LogP contribution is -2.34. The minimum atomic E-state index is -1.15. The van der Waals surface area contributed by atoms with Crippen molar-refractivity contribution in [1.29, 1.82) is 0 Å². The summed E-state index contributed by atoms with van der Waals surface area (Å²) < 4.78 is 5.10. The molecule has 2 unspecified atom stereocenters. The quantitative estimate of drug-likeness (QED) is 0.493. The normalized spacial score (nSPS) is 13.7. The fraction of sp³-hybridized carbons (Fsp3) is 0.500. The molecule has 0 fully saturated rings. The molecule has 134 valence electrons. The van der Waals surface area contributed by atoms with Gasteiger partial charge in [-0.3, -0.25) is 0 Å². The zero-order valence-corrected chi connectivity index (χ0v) is 14.9. The summed E-state index contributed by atoms with van der Waals surface area (Å²) in [4.78, 5) is 11.5. The summed E-state index contributed by atoms with van der Waals surface area (Å²) in [7, 11) is 0. The van der Waals surface area contributed by atoms with E-state index in [1.807, 2.05) is 0 Å². The number of hydrogen-bond donors (Lipinski definition) is 5. The van der Waals surface area contributed by atoms with Crippen molar-refractivity contribution in [3.8, 4) is 0 Å². The number of anilines is 1. The van der Waals surface area contributed by atoms with Crippen LogP contribution in [0.25, 0.3) is 0 Å². The molecule has 24 heavy (non-hydrogen) atoms. The third-order valence-electron chi connectivity index (χ3n) is 3.01. The van der Waals surface area contributed by atoms with Crippen LogP contribution in [0.2, 0.25) is 0 Å². The van der Waals surface area contributed by atoms with Gasteiger partial charge in [0.15, 0.2) is 5.11 Å². The molecule has 7 nitrogen and oxygen atoms in total. The molecular formula is C16H25N3O4S. The molecule has 0 aliphatic rings. The molecule has 0 saturated carbocycles. The summed E-state index contributed by atoms with van der Waals surface area (Å²) in [5.41, 5.74) is 5.85. The number of aliphatic hydroxyl groups excluding tert-OH is 2. The van der Waals surface area contributed by atoms with Crippen molar-refractivity contribution in [2.75, 3.05) is 11.9 Å². The zero-order valence-electron chi connectivity index (χ0n) is 14.1. The number of hydrogen-bond acceptors (Lipinski definition) is 5. The monoisotopic (exact) mass is 355 g/mol. The SMILES string of the molecule is CC(C)(C)OC(=O)NCCC(O)C(O)c1ccccc1NC(N)=S. The summed E-state index contributed by atoms with van der Waals surface area (Å²) in [5, 5.41) is 25.8. The standard InChI is InChI=1S/C16H25N3O4S/c1-16(2,3)23-15(22)18-9-8-12(20)13(21)10-6-4-5-7-11(10)19-14(17)24/h4-7,12-13,20-21H,8-9H2,1-3H3,(H,18,22)(H3,17,19,24). The highest BCUT2D eigenvalue weighted by molar-refractivity contribution is 7.80. The third kappa shape index (κ3) is 7.12. The lowest BCUT2D eigenvalue weighted by molar-refractivity contribution is 0.0127. The molecule has 0 spiro atoms.